The van der Waals surface area contributed by atoms with Gasteiger partial charge in [-0.1, -0.05) is 18.6 Å². The summed E-state index contributed by atoms with van der Waals surface area (Å²) in [4.78, 5) is 15.0. The van der Waals surface area contributed by atoms with E-state index in [1.54, 1.807) is 13.1 Å². The lowest BCUT2D eigenvalue weighted by molar-refractivity contribution is -0.140. The molecule has 1 aromatic carbocycles. The van der Waals surface area contributed by atoms with E-state index in [4.69, 9.17) is 0 Å². The molecular formula is C17H25F3IN3O2. The van der Waals surface area contributed by atoms with Crippen molar-refractivity contribution in [2.75, 3.05) is 20.7 Å². The number of nitrogens with zero attached hydrogens (tertiary/aromatic N) is 1. The minimum atomic E-state index is -4.35. The van der Waals surface area contributed by atoms with E-state index in [1.165, 1.54) is 13.2 Å². The van der Waals surface area contributed by atoms with Gasteiger partial charge in [0.1, 0.15) is 0 Å². The van der Waals surface area contributed by atoms with Crippen LogP contribution in [0.4, 0.5) is 13.2 Å². The highest BCUT2D eigenvalue weighted by Gasteiger charge is 2.30. The molecule has 1 rings (SSSR count). The van der Waals surface area contributed by atoms with Crippen LogP contribution < -0.4 is 10.6 Å². The Morgan fingerprint density at radius 2 is 1.92 bits per heavy atom. The van der Waals surface area contributed by atoms with E-state index in [9.17, 15) is 18.0 Å². The number of nitrogens with one attached hydrogen (secondary N) is 2. The predicted molar refractivity (Wildman–Crippen MR) is 106 cm³/mol. The van der Waals surface area contributed by atoms with Crippen LogP contribution in [0.3, 0.4) is 0 Å². The topological polar surface area (TPSA) is 62.7 Å². The summed E-state index contributed by atoms with van der Waals surface area (Å²) in [5.74, 6) is 0.303. The monoisotopic (exact) mass is 487 g/mol. The van der Waals surface area contributed by atoms with Gasteiger partial charge in [0.05, 0.1) is 12.7 Å². The predicted octanol–water partition coefficient (Wildman–Crippen LogP) is 3.72. The first-order valence-electron chi connectivity index (χ1n) is 8.04. The number of alkyl halides is 3. The fourth-order valence-electron chi connectivity index (χ4n) is 2.14. The Morgan fingerprint density at radius 3 is 2.54 bits per heavy atom. The molecule has 0 radical (unpaired) electrons. The molecule has 0 saturated carbocycles. The Labute approximate surface area is 168 Å². The number of methoxy groups -OCH3 is 1. The van der Waals surface area contributed by atoms with E-state index in [2.05, 4.69) is 20.4 Å². The third-order valence-corrected chi connectivity index (χ3v) is 3.52. The lowest BCUT2D eigenvalue weighted by Crippen LogP contribution is -2.37. The Kier molecular flexibility index (Phi) is 12.0. The van der Waals surface area contributed by atoms with E-state index in [-0.39, 0.29) is 36.5 Å². The van der Waals surface area contributed by atoms with Gasteiger partial charge in [-0.25, -0.2) is 0 Å². The van der Waals surface area contributed by atoms with Crippen LogP contribution in [-0.4, -0.2) is 32.6 Å². The van der Waals surface area contributed by atoms with Gasteiger partial charge >= 0.3 is 12.1 Å². The lowest BCUT2D eigenvalue weighted by Gasteiger charge is -2.13. The van der Waals surface area contributed by atoms with Gasteiger partial charge in [0.25, 0.3) is 0 Å². The standard InChI is InChI=1S/C17H24F3N3O2.HI/c1-21-16(22-10-5-3-4-9-15(24)25-2)23-12-13-7-6-8-14(11-13)17(18,19)20;/h6-8,11H,3-5,9-10,12H2,1-2H3,(H2,21,22,23);1H. The molecule has 0 aliphatic heterocycles. The van der Waals surface area contributed by atoms with Gasteiger partial charge in [0.15, 0.2) is 5.96 Å². The fraction of sp³-hybridized carbons (Fsp3) is 0.529. The molecule has 26 heavy (non-hydrogen) atoms. The van der Waals surface area contributed by atoms with E-state index < -0.39 is 11.7 Å². The van der Waals surface area contributed by atoms with E-state index in [1.807, 2.05) is 0 Å². The van der Waals surface area contributed by atoms with Crippen molar-refractivity contribution in [2.24, 2.45) is 4.99 Å². The molecular weight excluding hydrogens is 462 g/mol. The molecule has 2 N–H and O–H groups in total. The van der Waals surface area contributed by atoms with Crippen molar-refractivity contribution in [2.45, 2.75) is 38.4 Å². The van der Waals surface area contributed by atoms with E-state index in [0.717, 1.165) is 31.4 Å². The van der Waals surface area contributed by atoms with Gasteiger partial charge < -0.3 is 15.4 Å². The number of carbonyl (C=O) groups is 1. The van der Waals surface area contributed by atoms with Crippen molar-refractivity contribution in [1.29, 1.82) is 0 Å². The number of unbranched alkanes of at least 4 members (excludes halogenated alkanes) is 2. The zero-order valence-corrected chi connectivity index (χ0v) is 17.2. The van der Waals surface area contributed by atoms with Crippen molar-refractivity contribution in [1.82, 2.24) is 10.6 Å². The van der Waals surface area contributed by atoms with Gasteiger partial charge in [-0.15, -0.1) is 24.0 Å². The second-order valence-electron chi connectivity index (χ2n) is 5.44. The molecule has 9 heteroatoms. The summed E-state index contributed by atoms with van der Waals surface area (Å²) < 4.78 is 42.6. The van der Waals surface area contributed by atoms with Crippen LogP contribution in [0.2, 0.25) is 0 Å². The second-order valence-corrected chi connectivity index (χ2v) is 5.44. The lowest BCUT2D eigenvalue weighted by atomic mass is 10.1. The fourth-order valence-corrected chi connectivity index (χ4v) is 2.14. The van der Waals surface area contributed by atoms with Crippen LogP contribution in [0.1, 0.15) is 36.8 Å². The summed E-state index contributed by atoms with van der Waals surface area (Å²) in [5.41, 5.74) is -0.142. The Bertz CT molecular complexity index is 581. The summed E-state index contributed by atoms with van der Waals surface area (Å²) in [6, 6.07) is 5.18. The first-order valence-corrected chi connectivity index (χ1v) is 8.04. The smallest absolute Gasteiger partial charge is 0.416 e. The molecule has 0 saturated heterocycles. The van der Waals surface area contributed by atoms with Crippen molar-refractivity contribution in [3.8, 4) is 0 Å². The molecule has 0 spiro atoms. The highest BCUT2D eigenvalue weighted by atomic mass is 127. The SMILES string of the molecule is CN=C(NCCCCCC(=O)OC)NCc1cccc(C(F)(F)F)c1.I. The van der Waals surface area contributed by atoms with Gasteiger partial charge in [-0.3, -0.25) is 9.79 Å². The van der Waals surface area contributed by atoms with Crippen molar-refractivity contribution < 1.29 is 22.7 Å². The maximum atomic E-state index is 12.7. The number of carbonyl (C=O) groups excluding carboxylic acids is 1. The molecule has 0 unspecified atom stereocenters. The first kappa shape index (κ1) is 24.5. The van der Waals surface area contributed by atoms with Crippen LogP contribution >= 0.6 is 24.0 Å². The summed E-state index contributed by atoms with van der Waals surface area (Å²) in [7, 11) is 2.96. The zero-order valence-electron chi connectivity index (χ0n) is 14.9. The number of guanidine groups is 1. The van der Waals surface area contributed by atoms with Gasteiger partial charge in [0.2, 0.25) is 0 Å². The Hall–Kier alpha value is -1.52. The van der Waals surface area contributed by atoms with Crippen LogP contribution in [0.15, 0.2) is 29.3 Å². The number of aliphatic imine (C=N–C) groups is 1. The van der Waals surface area contributed by atoms with E-state index >= 15 is 0 Å². The summed E-state index contributed by atoms with van der Waals surface area (Å²) in [5, 5.41) is 6.07. The summed E-state index contributed by atoms with van der Waals surface area (Å²) >= 11 is 0. The van der Waals surface area contributed by atoms with Crippen molar-refractivity contribution in [3.63, 3.8) is 0 Å². The molecule has 0 fully saturated rings. The molecule has 148 valence electrons. The molecule has 0 aliphatic rings. The molecule has 0 heterocycles. The Balaban J connectivity index is 0.00000625. The molecule has 0 atom stereocenters. The quantitative estimate of drug-likeness (QED) is 0.193. The average Bonchev–Trinajstić information content (AvgIpc) is 2.59. The van der Waals surface area contributed by atoms with Crippen molar-refractivity contribution in [3.05, 3.63) is 35.4 Å². The van der Waals surface area contributed by atoms with Crippen LogP contribution in [0.5, 0.6) is 0 Å². The summed E-state index contributed by atoms with van der Waals surface area (Å²) in [6.45, 7) is 0.898. The van der Waals surface area contributed by atoms with Gasteiger partial charge in [-0.2, -0.15) is 13.2 Å². The normalized spacial score (nSPS) is 11.5. The third kappa shape index (κ3) is 9.83. The number of halogens is 4. The Morgan fingerprint density at radius 1 is 1.19 bits per heavy atom. The summed E-state index contributed by atoms with van der Waals surface area (Å²) in [6.07, 6.45) is -1.47. The molecule has 0 aliphatic carbocycles. The number of benzene rings is 1. The number of esters is 1. The van der Waals surface area contributed by atoms with Gasteiger partial charge in [-0.05, 0) is 30.5 Å². The van der Waals surface area contributed by atoms with Crippen LogP contribution in [0, 0.1) is 0 Å². The average molecular weight is 487 g/mol. The zero-order chi connectivity index (χ0) is 18.7. The molecule has 5 nitrogen and oxygen atoms in total. The maximum Gasteiger partial charge on any atom is 0.416 e. The highest BCUT2D eigenvalue weighted by Crippen LogP contribution is 2.29. The third-order valence-electron chi connectivity index (χ3n) is 3.52. The second kappa shape index (κ2) is 12.8. The number of hydrogen-bond donors (Lipinski definition) is 2. The maximum absolute atomic E-state index is 12.7. The van der Waals surface area contributed by atoms with Gasteiger partial charge in [0, 0.05) is 26.6 Å². The molecule has 0 amide bonds. The molecule has 0 bridgehead atoms. The molecule has 0 aromatic heterocycles. The minimum absolute atomic E-state index is 0. The van der Waals surface area contributed by atoms with E-state index in [0.29, 0.717) is 24.5 Å². The minimum Gasteiger partial charge on any atom is -0.469 e. The number of ether oxygens (including phenoxy) is 1. The number of rotatable bonds is 8. The van der Waals surface area contributed by atoms with Crippen molar-refractivity contribution >= 4 is 35.9 Å². The molecule has 1 aromatic rings. The first-order chi connectivity index (χ1) is 11.9. The van der Waals surface area contributed by atoms with Crippen LogP contribution in [0.25, 0.3) is 0 Å². The highest BCUT2D eigenvalue weighted by molar-refractivity contribution is 14.0. The number of hydrogen-bond acceptors (Lipinski definition) is 3. The van der Waals surface area contributed by atoms with Crippen LogP contribution in [-0.2, 0) is 22.3 Å². The largest absolute Gasteiger partial charge is 0.469 e.